The molecule has 2 nitrogen and oxygen atoms in total. The molecule has 0 heterocycles. The summed E-state index contributed by atoms with van der Waals surface area (Å²) in [4.78, 5) is 0. The van der Waals surface area contributed by atoms with Crippen LogP contribution in [0.4, 0.5) is 0 Å². The monoisotopic (exact) mass is 242 g/mol. The van der Waals surface area contributed by atoms with Crippen LogP contribution < -0.4 is 0 Å². The zero-order valence-electron chi connectivity index (χ0n) is 10.7. The van der Waals surface area contributed by atoms with Crippen LogP contribution in [-0.4, -0.2) is 10.2 Å². The van der Waals surface area contributed by atoms with Crippen molar-refractivity contribution < 1.29 is 10.2 Å². The van der Waals surface area contributed by atoms with E-state index in [4.69, 9.17) is 0 Å². The quantitative estimate of drug-likeness (QED) is 0.860. The van der Waals surface area contributed by atoms with Crippen LogP contribution in [0.1, 0.15) is 29.5 Å². The second kappa shape index (κ2) is 5.13. The summed E-state index contributed by atoms with van der Waals surface area (Å²) in [5.41, 5.74) is 3.56. The molecule has 0 saturated heterocycles. The molecule has 0 bridgehead atoms. The highest BCUT2D eigenvalue weighted by molar-refractivity contribution is 5.37. The summed E-state index contributed by atoms with van der Waals surface area (Å²) in [6.45, 7) is 4.19. The van der Waals surface area contributed by atoms with Crippen LogP contribution in [0, 0.1) is 6.92 Å². The smallest absolute Gasteiger partial charge is 0.115 e. The van der Waals surface area contributed by atoms with Crippen molar-refractivity contribution >= 4 is 0 Å². The molecule has 0 aromatic heterocycles. The maximum atomic E-state index is 9.41. The van der Waals surface area contributed by atoms with Crippen molar-refractivity contribution in [3.63, 3.8) is 0 Å². The highest BCUT2D eigenvalue weighted by Crippen LogP contribution is 2.26. The third-order valence-corrected chi connectivity index (χ3v) is 3.26. The van der Waals surface area contributed by atoms with Crippen LogP contribution in [0.3, 0.4) is 0 Å². The fourth-order valence-electron chi connectivity index (χ4n) is 2.31. The van der Waals surface area contributed by atoms with Crippen LogP contribution in [-0.2, 0) is 6.42 Å². The molecule has 0 aliphatic carbocycles. The van der Waals surface area contributed by atoms with E-state index in [1.165, 1.54) is 11.1 Å². The summed E-state index contributed by atoms with van der Waals surface area (Å²) in [7, 11) is 0. The van der Waals surface area contributed by atoms with Gasteiger partial charge in [0.25, 0.3) is 0 Å². The summed E-state index contributed by atoms with van der Waals surface area (Å²) >= 11 is 0. The molecule has 0 radical (unpaired) electrons. The van der Waals surface area contributed by atoms with E-state index in [2.05, 4.69) is 6.92 Å². The number of rotatable bonds is 3. The molecular weight excluding hydrogens is 224 g/mol. The minimum Gasteiger partial charge on any atom is -0.508 e. The fraction of sp³-hybridized carbons (Fsp3) is 0.250. The van der Waals surface area contributed by atoms with E-state index in [0.717, 1.165) is 12.0 Å². The van der Waals surface area contributed by atoms with E-state index in [1.807, 2.05) is 25.1 Å². The summed E-state index contributed by atoms with van der Waals surface area (Å²) < 4.78 is 0. The predicted molar refractivity (Wildman–Crippen MR) is 73.1 cm³/mol. The average Bonchev–Trinajstić information content (AvgIpc) is 2.32. The molecule has 2 aromatic rings. The van der Waals surface area contributed by atoms with Gasteiger partial charge in [0, 0.05) is 0 Å². The van der Waals surface area contributed by atoms with Gasteiger partial charge in [-0.05, 0) is 60.2 Å². The topological polar surface area (TPSA) is 40.5 Å². The number of phenols is 2. The molecule has 2 aromatic carbocycles. The Morgan fingerprint density at radius 2 is 1.56 bits per heavy atom. The molecule has 0 fully saturated rings. The maximum absolute atomic E-state index is 9.41. The first-order valence-corrected chi connectivity index (χ1v) is 6.13. The van der Waals surface area contributed by atoms with E-state index in [-0.39, 0.29) is 0 Å². The van der Waals surface area contributed by atoms with Crippen LogP contribution in [0.2, 0.25) is 0 Å². The van der Waals surface area contributed by atoms with Gasteiger partial charge < -0.3 is 10.2 Å². The van der Waals surface area contributed by atoms with Gasteiger partial charge in [0.1, 0.15) is 11.5 Å². The second-order valence-corrected chi connectivity index (χ2v) is 4.81. The largest absolute Gasteiger partial charge is 0.508 e. The standard InChI is InChI=1S/C16H18O2/c1-11(9-13-3-5-14(17)6-4-13)16-8-7-15(18)10-12(16)2/h3-8,10-11,17-18H,9H2,1-2H3. The molecule has 18 heavy (non-hydrogen) atoms. The average molecular weight is 242 g/mol. The highest BCUT2D eigenvalue weighted by atomic mass is 16.3. The van der Waals surface area contributed by atoms with Crippen LogP contribution >= 0.6 is 0 Å². The molecule has 2 heteroatoms. The van der Waals surface area contributed by atoms with E-state index in [0.29, 0.717) is 17.4 Å². The van der Waals surface area contributed by atoms with Crippen LogP contribution in [0.15, 0.2) is 42.5 Å². The van der Waals surface area contributed by atoms with Crippen LogP contribution in [0.25, 0.3) is 0 Å². The molecule has 0 amide bonds. The SMILES string of the molecule is Cc1cc(O)ccc1C(C)Cc1ccc(O)cc1. The Morgan fingerprint density at radius 1 is 0.944 bits per heavy atom. The fourth-order valence-corrected chi connectivity index (χ4v) is 2.31. The Morgan fingerprint density at radius 3 is 2.17 bits per heavy atom. The zero-order valence-corrected chi connectivity index (χ0v) is 10.7. The van der Waals surface area contributed by atoms with Gasteiger partial charge >= 0.3 is 0 Å². The number of aromatic hydroxyl groups is 2. The first-order chi connectivity index (χ1) is 8.56. The molecule has 1 unspecified atom stereocenters. The minimum atomic E-state index is 0.298. The molecule has 0 spiro atoms. The molecular formula is C16H18O2. The lowest BCUT2D eigenvalue weighted by Crippen LogP contribution is -2.00. The van der Waals surface area contributed by atoms with Gasteiger partial charge in [-0.15, -0.1) is 0 Å². The molecule has 0 aliphatic heterocycles. The van der Waals surface area contributed by atoms with Crippen molar-refractivity contribution in [2.24, 2.45) is 0 Å². The summed E-state index contributed by atoms with van der Waals surface area (Å²) in [5.74, 6) is 0.996. The van der Waals surface area contributed by atoms with Crippen molar-refractivity contribution in [3.8, 4) is 11.5 Å². The van der Waals surface area contributed by atoms with Gasteiger partial charge in [-0.2, -0.15) is 0 Å². The Hall–Kier alpha value is -1.96. The van der Waals surface area contributed by atoms with Crippen molar-refractivity contribution in [3.05, 3.63) is 59.2 Å². The molecule has 2 N–H and O–H groups in total. The summed E-state index contributed by atoms with van der Waals surface area (Å²) in [6, 6.07) is 12.8. The van der Waals surface area contributed by atoms with Gasteiger partial charge in [0.05, 0.1) is 0 Å². The lowest BCUT2D eigenvalue weighted by Gasteiger charge is -2.15. The zero-order chi connectivity index (χ0) is 13.1. The number of hydrogen-bond acceptors (Lipinski definition) is 2. The highest BCUT2D eigenvalue weighted by Gasteiger charge is 2.10. The van der Waals surface area contributed by atoms with E-state index >= 15 is 0 Å². The predicted octanol–water partition coefficient (Wildman–Crippen LogP) is 3.75. The normalized spacial score (nSPS) is 12.3. The van der Waals surface area contributed by atoms with Gasteiger partial charge in [-0.3, -0.25) is 0 Å². The Balaban J connectivity index is 2.16. The van der Waals surface area contributed by atoms with Crippen molar-refractivity contribution in [1.29, 1.82) is 0 Å². The number of aryl methyl sites for hydroxylation is 1. The minimum absolute atomic E-state index is 0.298. The first kappa shape index (κ1) is 12.5. The van der Waals surface area contributed by atoms with Crippen LogP contribution in [0.5, 0.6) is 11.5 Å². The number of hydrogen-bond donors (Lipinski definition) is 2. The molecule has 0 saturated carbocycles. The Bertz CT molecular complexity index is 529. The lowest BCUT2D eigenvalue weighted by atomic mass is 9.90. The maximum Gasteiger partial charge on any atom is 0.115 e. The van der Waals surface area contributed by atoms with E-state index in [1.54, 1.807) is 24.3 Å². The van der Waals surface area contributed by atoms with E-state index in [9.17, 15) is 10.2 Å². The van der Waals surface area contributed by atoms with Crippen molar-refractivity contribution in [2.45, 2.75) is 26.2 Å². The van der Waals surface area contributed by atoms with Gasteiger partial charge in [0.15, 0.2) is 0 Å². The Kier molecular flexibility index (Phi) is 3.56. The summed E-state index contributed by atoms with van der Waals surface area (Å²) in [6.07, 6.45) is 0.923. The lowest BCUT2D eigenvalue weighted by molar-refractivity contribution is 0.473. The van der Waals surface area contributed by atoms with Crippen molar-refractivity contribution in [1.82, 2.24) is 0 Å². The number of phenolic OH excluding ortho intramolecular Hbond substituents is 2. The van der Waals surface area contributed by atoms with Gasteiger partial charge in [-0.25, -0.2) is 0 Å². The Labute approximate surface area is 108 Å². The molecule has 0 aliphatic rings. The summed E-state index contributed by atoms with van der Waals surface area (Å²) in [5, 5.41) is 18.7. The second-order valence-electron chi connectivity index (χ2n) is 4.81. The molecule has 1 atom stereocenters. The van der Waals surface area contributed by atoms with E-state index < -0.39 is 0 Å². The first-order valence-electron chi connectivity index (χ1n) is 6.13. The van der Waals surface area contributed by atoms with Gasteiger partial charge in [0.2, 0.25) is 0 Å². The number of benzene rings is 2. The molecule has 94 valence electrons. The third-order valence-electron chi connectivity index (χ3n) is 3.26. The van der Waals surface area contributed by atoms with Gasteiger partial charge in [-0.1, -0.05) is 25.1 Å². The van der Waals surface area contributed by atoms with Crippen molar-refractivity contribution in [2.75, 3.05) is 0 Å². The molecule has 2 rings (SSSR count). The third kappa shape index (κ3) is 2.83.